The van der Waals surface area contributed by atoms with E-state index in [-0.39, 0.29) is 11.8 Å². The highest BCUT2D eigenvalue weighted by molar-refractivity contribution is 6.08. The summed E-state index contributed by atoms with van der Waals surface area (Å²) in [5, 5.41) is 17.7. The van der Waals surface area contributed by atoms with Crippen LogP contribution >= 0.6 is 0 Å². The highest BCUT2D eigenvalue weighted by Gasteiger charge is 2.16. The van der Waals surface area contributed by atoms with E-state index in [2.05, 4.69) is 62.2 Å². The number of nitrogens with one attached hydrogen (secondary N) is 2. The molecule has 1 amide bonds. The van der Waals surface area contributed by atoms with Crippen LogP contribution in [-0.2, 0) is 11.3 Å². The van der Waals surface area contributed by atoms with Crippen molar-refractivity contribution in [2.45, 2.75) is 26.8 Å². The van der Waals surface area contributed by atoms with Crippen LogP contribution in [0.4, 0.5) is 11.5 Å². The van der Waals surface area contributed by atoms with Gasteiger partial charge in [-0.3, -0.25) is 9.78 Å². The number of hydrogen-bond acceptors (Lipinski definition) is 5. The van der Waals surface area contributed by atoms with E-state index in [1.54, 1.807) is 12.4 Å². The zero-order valence-corrected chi connectivity index (χ0v) is 21.0. The van der Waals surface area contributed by atoms with Crippen molar-refractivity contribution in [3.8, 4) is 22.4 Å². The van der Waals surface area contributed by atoms with Crippen LogP contribution in [0.3, 0.4) is 0 Å². The Labute approximate surface area is 216 Å². The van der Waals surface area contributed by atoms with Gasteiger partial charge in [-0.25, -0.2) is 0 Å². The molecular formula is C31H29N5O. The number of hydrogen-bond donors (Lipinski definition) is 2. The lowest BCUT2D eigenvalue weighted by Gasteiger charge is -2.15. The smallest absolute Gasteiger partial charge is 0.224 e. The lowest BCUT2D eigenvalue weighted by molar-refractivity contribution is -0.116. The summed E-state index contributed by atoms with van der Waals surface area (Å²) in [6.45, 7) is 4.67. The van der Waals surface area contributed by atoms with Crippen LogP contribution < -0.4 is 10.6 Å². The van der Waals surface area contributed by atoms with Gasteiger partial charge in [0.05, 0.1) is 11.9 Å². The fraction of sp³-hybridized carbons (Fsp3) is 0.161. The van der Waals surface area contributed by atoms with Crippen molar-refractivity contribution in [3.63, 3.8) is 0 Å². The highest BCUT2D eigenvalue weighted by Crippen LogP contribution is 2.37. The second-order valence-electron chi connectivity index (χ2n) is 9.44. The third-order valence-corrected chi connectivity index (χ3v) is 6.08. The van der Waals surface area contributed by atoms with E-state index in [1.165, 1.54) is 0 Å². The van der Waals surface area contributed by atoms with Crippen LogP contribution in [0.15, 0.2) is 97.3 Å². The van der Waals surface area contributed by atoms with E-state index < -0.39 is 0 Å². The zero-order valence-electron chi connectivity index (χ0n) is 21.0. The van der Waals surface area contributed by atoms with Crippen LogP contribution in [-0.4, -0.2) is 21.1 Å². The Bertz CT molecular complexity index is 1520. The van der Waals surface area contributed by atoms with Crippen molar-refractivity contribution in [2.24, 2.45) is 5.92 Å². The monoisotopic (exact) mass is 487 g/mol. The minimum atomic E-state index is -0.0308. The van der Waals surface area contributed by atoms with Crippen LogP contribution in [0.25, 0.3) is 33.2 Å². The minimum Gasteiger partial charge on any atom is -0.364 e. The van der Waals surface area contributed by atoms with Crippen LogP contribution in [0.5, 0.6) is 0 Å². The summed E-state index contributed by atoms with van der Waals surface area (Å²) in [7, 11) is 0. The summed E-state index contributed by atoms with van der Waals surface area (Å²) >= 11 is 0. The second kappa shape index (κ2) is 11.0. The predicted molar refractivity (Wildman–Crippen MR) is 150 cm³/mol. The molecule has 0 aliphatic carbocycles. The standard InChI is InChI=1S/C31H29N5O/c1-21(2)16-28(37)34-25-17-24(19-32-20-25)30-27-15-9-14-26(23-12-7-4-8-13-23)29(27)31(36-35-30)33-18-22-10-5-3-6-11-22/h3-15,17,19-21H,16,18H2,1-2H3,(H,33,36)(H,34,37). The van der Waals surface area contributed by atoms with Gasteiger partial charge in [0.1, 0.15) is 5.69 Å². The lowest BCUT2D eigenvalue weighted by atomic mass is 9.96. The van der Waals surface area contributed by atoms with Gasteiger partial charge in [0.25, 0.3) is 0 Å². The summed E-state index contributed by atoms with van der Waals surface area (Å²) in [5.41, 5.74) is 5.48. The molecule has 0 atom stereocenters. The molecule has 5 aromatic rings. The molecule has 2 heterocycles. The second-order valence-corrected chi connectivity index (χ2v) is 9.44. The summed E-state index contributed by atoms with van der Waals surface area (Å²) in [6, 6.07) is 28.6. The van der Waals surface area contributed by atoms with Crippen molar-refractivity contribution in [3.05, 3.63) is 103 Å². The first-order valence-electron chi connectivity index (χ1n) is 12.5. The maximum atomic E-state index is 12.3. The first-order valence-corrected chi connectivity index (χ1v) is 12.5. The Morgan fingerprint density at radius 3 is 2.35 bits per heavy atom. The Balaban J connectivity index is 1.59. The van der Waals surface area contributed by atoms with Gasteiger partial charge in [-0.15, -0.1) is 10.2 Å². The molecule has 37 heavy (non-hydrogen) atoms. The number of aromatic nitrogens is 3. The average molecular weight is 488 g/mol. The van der Waals surface area contributed by atoms with Crippen molar-refractivity contribution >= 4 is 28.2 Å². The molecule has 0 fully saturated rings. The van der Waals surface area contributed by atoms with Crippen LogP contribution in [0.2, 0.25) is 0 Å². The van der Waals surface area contributed by atoms with Crippen molar-refractivity contribution in [1.29, 1.82) is 0 Å². The number of carbonyl (C=O) groups is 1. The number of rotatable bonds is 8. The molecule has 2 aromatic heterocycles. The van der Waals surface area contributed by atoms with Crippen molar-refractivity contribution in [2.75, 3.05) is 10.6 Å². The topological polar surface area (TPSA) is 79.8 Å². The number of carbonyl (C=O) groups excluding carboxylic acids is 1. The molecule has 0 aliphatic heterocycles. The van der Waals surface area contributed by atoms with Gasteiger partial charge in [-0.1, -0.05) is 92.7 Å². The summed E-state index contributed by atoms with van der Waals surface area (Å²) < 4.78 is 0. The number of pyridine rings is 1. The molecule has 0 radical (unpaired) electrons. The number of benzene rings is 3. The SMILES string of the molecule is CC(C)CC(=O)Nc1cncc(-c2nnc(NCc3ccccc3)c3c(-c4ccccc4)cccc23)c1. The number of amides is 1. The molecular weight excluding hydrogens is 458 g/mol. The maximum Gasteiger partial charge on any atom is 0.224 e. The van der Waals surface area contributed by atoms with Gasteiger partial charge >= 0.3 is 0 Å². The number of fused-ring (bicyclic) bond motifs is 1. The summed E-state index contributed by atoms with van der Waals surface area (Å²) in [4.78, 5) is 16.7. The Morgan fingerprint density at radius 2 is 1.59 bits per heavy atom. The van der Waals surface area contributed by atoms with E-state index in [0.717, 1.165) is 38.8 Å². The summed E-state index contributed by atoms with van der Waals surface area (Å²) in [6.07, 6.45) is 3.87. The summed E-state index contributed by atoms with van der Waals surface area (Å²) in [5.74, 6) is 0.964. The van der Waals surface area contributed by atoms with Gasteiger partial charge in [0, 0.05) is 35.5 Å². The van der Waals surface area contributed by atoms with Gasteiger partial charge < -0.3 is 10.6 Å². The molecule has 6 heteroatoms. The molecule has 0 aliphatic rings. The molecule has 0 bridgehead atoms. The Morgan fingerprint density at radius 1 is 0.838 bits per heavy atom. The van der Waals surface area contributed by atoms with E-state index in [4.69, 9.17) is 0 Å². The quantitative estimate of drug-likeness (QED) is 0.247. The molecule has 6 nitrogen and oxygen atoms in total. The van der Waals surface area contributed by atoms with Gasteiger partial charge in [-0.2, -0.15) is 0 Å². The van der Waals surface area contributed by atoms with Crippen molar-refractivity contribution < 1.29 is 4.79 Å². The minimum absolute atomic E-state index is 0.0308. The Kier molecular flexibility index (Phi) is 7.17. The van der Waals surface area contributed by atoms with E-state index in [1.807, 2.05) is 62.4 Å². The predicted octanol–water partition coefficient (Wildman–Crippen LogP) is 6.96. The van der Waals surface area contributed by atoms with Gasteiger partial charge in [0.15, 0.2) is 5.82 Å². The number of anilines is 2. The largest absolute Gasteiger partial charge is 0.364 e. The first-order chi connectivity index (χ1) is 18.1. The lowest BCUT2D eigenvalue weighted by Crippen LogP contribution is -2.14. The molecule has 0 saturated heterocycles. The normalized spacial score (nSPS) is 11.0. The van der Waals surface area contributed by atoms with E-state index >= 15 is 0 Å². The number of nitrogens with zero attached hydrogens (tertiary/aromatic N) is 3. The maximum absolute atomic E-state index is 12.3. The Hall–Kier alpha value is -4.58. The van der Waals surface area contributed by atoms with Gasteiger partial charge in [-0.05, 0) is 28.7 Å². The fourth-order valence-corrected chi connectivity index (χ4v) is 4.41. The molecule has 2 N–H and O–H groups in total. The third-order valence-electron chi connectivity index (χ3n) is 6.08. The average Bonchev–Trinajstić information content (AvgIpc) is 2.92. The molecule has 0 spiro atoms. The van der Waals surface area contributed by atoms with E-state index in [0.29, 0.717) is 24.3 Å². The zero-order chi connectivity index (χ0) is 25.6. The van der Waals surface area contributed by atoms with E-state index in [9.17, 15) is 4.79 Å². The van der Waals surface area contributed by atoms with Crippen LogP contribution in [0, 0.1) is 5.92 Å². The fourth-order valence-electron chi connectivity index (χ4n) is 4.41. The third kappa shape index (κ3) is 5.64. The van der Waals surface area contributed by atoms with Crippen molar-refractivity contribution in [1.82, 2.24) is 15.2 Å². The molecule has 184 valence electrons. The molecule has 5 rings (SSSR count). The molecule has 3 aromatic carbocycles. The van der Waals surface area contributed by atoms with Gasteiger partial charge in [0.2, 0.25) is 5.91 Å². The first kappa shape index (κ1) is 24.1. The highest BCUT2D eigenvalue weighted by atomic mass is 16.1. The van der Waals surface area contributed by atoms with Crippen LogP contribution in [0.1, 0.15) is 25.8 Å². The molecule has 0 unspecified atom stereocenters. The molecule has 0 saturated carbocycles.